The van der Waals surface area contributed by atoms with E-state index in [1.54, 1.807) is 13.2 Å². The van der Waals surface area contributed by atoms with Crippen LogP contribution >= 0.6 is 12.4 Å². The first kappa shape index (κ1) is 13.2. The molecule has 0 radical (unpaired) electrons. The van der Waals surface area contributed by atoms with Crippen molar-refractivity contribution in [2.45, 2.75) is 19.4 Å². The number of hydrogen-bond acceptors (Lipinski definition) is 2. The van der Waals surface area contributed by atoms with Gasteiger partial charge in [0.1, 0.15) is 11.6 Å². The zero-order valence-corrected chi connectivity index (χ0v) is 9.10. The number of halogens is 2. The van der Waals surface area contributed by atoms with Crippen LogP contribution in [0.2, 0.25) is 0 Å². The van der Waals surface area contributed by atoms with Gasteiger partial charge >= 0.3 is 0 Å². The SMILES string of the molecule is CC[C@@H](N)c1cc(F)ccc1OC.Cl. The van der Waals surface area contributed by atoms with Crippen LogP contribution < -0.4 is 10.5 Å². The van der Waals surface area contributed by atoms with Gasteiger partial charge in [0.05, 0.1) is 7.11 Å². The normalized spacial score (nSPS) is 11.7. The van der Waals surface area contributed by atoms with E-state index in [0.717, 1.165) is 12.0 Å². The highest BCUT2D eigenvalue weighted by Gasteiger charge is 2.10. The molecule has 80 valence electrons. The third-order valence-corrected chi connectivity index (χ3v) is 2.03. The molecule has 1 aromatic carbocycles. The Morgan fingerprint density at radius 3 is 2.64 bits per heavy atom. The molecule has 0 aromatic heterocycles. The summed E-state index contributed by atoms with van der Waals surface area (Å²) in [5, 5.41) is 0. The molecule has 0 saturated carbocycles. The zero-order valence-electron chi connectivity index (χ0n) is 8.29. The van der Waals surface area contributed by atoms with Crippen molar-refractivity contribution in [3.63, 3.8) is 0 Å². The van der Waals surface area contributed by atoms with Gasteiger partial charge in [-0.15, -0.1) is 12.4 Å². The third-order valence-electron chi connectivity index (χ3n) is 2.03. The molecule has 0 saturated heterocycles. The first-order chi connectivity index (χ1) is 6.19. The van der Waals surface area contributed by atoms with E-state index in [0.29, 0.717) is 5.75 Å². The van der Waals surface area contributed by atoms with E-state index in [4.69, 9.17) is 10.5 Å². The number of ether oxygens (including phenoxy) is 1. The Hall–Kier alpha value is -0.800. The molecule has 0 heterocycles. The number of rotatable bonds is 3. The second kappa shape index (κ2) is 5.83. The summed E-state index contributed by atoms with van der Waals surface area (Å²) < 4.78 is 17.9. The predicted octanol–water partition coefficient (Wildman–Crippen LogP) is 2.67. The molecule has 4 heteroatoms. The Morgan fingerprint density at radius 2 is 2.14 bits per heavy atom. The van der Waals surface area contributed by atoms with Crippen LogP contribution in [-0.4, -0.2) is 7.11 Å². The molecular formula is C10H15ClFNO. The van der Waals surface area contributed by atoms with Gasteiger partial charge in [0, 0.05) is 11.6 Å². The number of methoxy groups -OCH3 is 1. The summed E-state index contributed by atoms with van der Waals surface area (Å²) in [7, 11) is 1.55. The molecule has 2 nitrogen and oxygen atoms in total. The summed E-state index contributed by atoms with van der Waals surface area (Å²) in [6, 6.07) is 4.23. The lowest BCUT2D eigenvalue weighted by atomic mass is 10.0. The highest BCUT2D eigenvalue weighted by atomic mass is 35.5. The van der Waals surface area contributed by atoms with Crippen molar-refractivity contribution >= 4 is 12.4 Å². The van der Waals surface area contributed by atoms with Crippen molar-refractivity contribution in [2.75, 3.05) is 7.11 Å². The number of nitrogens with two attached hydrogens (primary N) is 1. The predicted molar refractivity (Wildman–Crippen MR) is 57.4 cm³/mol. The average molecular weight is 220 g/mol. The van der Waals surface area contributed by atoms with Crippen LogP contribution in [0.1, 0.15) is 24.9 Å². The van der Waals surface area contributed by atoms with Crippen molar-refractivity contribution < 1.29 is 9.13 Å². The highest BCUT2D eigenvalue weighted by Crippen LogP contribution is 2.25. The number of hydrogen-bond donors (Lipinski definition) is 1. The van der Waals surface area contributed by atoms with Crippen LogP contribution in [-0.2, 0) is 0 Å². The van der Waals surface area contributed by atoms with Crippen LogP contribution in [0.5, 0.6) is 5.75 Å². The minimum absolute atomic E-state index is 0. The maximum Gasteiger partial charge on any atom is 0.123 e. The molecular weight excluding hydrogens is 205 g/mol. The molecule has 0 aliphatic heterocycles. The van der Waals surface area contributed by atoms with Gasteiger partial charge in [0.15, 0.2) is 0 Å². The third kappa shape index (κ3) is 2.86. The lowest BCUT2D eigenvalue weighted by molar-refractivity contribution is 0.403. The average Bonchev–Trinajstić information content (AvgIpc) is 2.16. The zero-order chi connectivity index (χ0) is 9.84. The fraction of sp³-hybridized carbons (Fsp3) is 0.400. The van der Waals surface area contributed by atoms with E-state index in [9.17, 15) is 4.39 Å². The monoisotopic (exact) mass is 219 g/mol. The van der Waals surface area contributed by atoms with Crippen molar-refractivity contribution in [1.82, 2.24) is 0 Å². The first-order valence-electron chi connectivity index (χ1n) is 4.28. The Kier molecular flexibility index (Phi) is 5.50. The maximum absolute atomic E-state index is 12.9. The molecule has 1 rings (SSSR count). The minimum atomic E-state index is -0.278. The van der Waals surface area contributed by atoms with Gasteiger partial charge in [-0.05, 0) is 24.6 Å². The number of benzene rings is 1. The Bertz CT molecular complexity index is 293. The molecule has 0 unspecified atom stereocenters. The van der Waals surface area contributed by atoms with Gasteiger partial charge in [0.25, 0.3) is 0 Å². The van der Waals surface area contributed by atoms with Gasteiger partial charge in [-0.3, -0.25) is 0 Å². The summed E-state index contributed by atoms with van der Waals surface area (Å²) in [5.74, 6) is 0.371. The summed E-state index contributed by atoms with van der Waals surface area (Å²) >= 11 is 0. The van der Waals surface area contributed by atoms with Gasteiger partial charge in [-0.1, -0.05) is 6.92 Å². The summed E-state index contributed by atoms with van der Waals surface area (Å²) in [5.41, 5.74) is 6.52. The van der Waals surface area contributed by atoms with Gasteiger partial charge in [-0.2, -0.15) is 0 Å². The smallest absolute Gasteiger partial charge is 0.123 e. The lowest BCUT2D eigenvalue weighted by Gasteiger charge is -2.13. The lowest BCUT2D eigenvalue weighted by Crippen LogP contribution is -2.10. The van der Waals surface area contributed by atoms with E-state index in [2.05, 4.69) is 0 Å². The highest BCUT2D eigenvalue weighted by molar-refractivity contribution is 5.85. The molecule has 0 spiro atoms. The van der Waals surface area contributed by atoms with E-state index in [1.807, 2.05) is 6.92 Å². The molecule has 0 bridgehead atoms. The molecule has 1 aromatic rings. The van der Waals surface area contributed by atoms with Gasteiger partial charge < -0.3 is 10.5 Å². The quantitative estimate of drug-likeness (QED) is 0.849. The first-order valence-corrected chi connectivity index (χ1v) is 4.28. The Balaban J connectivity index is 0.00000169. The summed E-state index contributed by atoms with van der Waals surface area (Å²) in [6.45, 7) is 1.95. The summed E-state index contributed by atoms with van der Waals surface area (Å²) in [6.07, 6.45) is 0.764. The van der Waals surface area contributed by atoms with Crippen LogP contribution in [0.3, 0.4) is 0 Å². The molecule has 0 aliphatic carbocycles. The van der Waals surface area contributed by atoms with Gasteiger partial charge in [-0.25, -0.2) is 4.39 Å². The van der Waals surface area contributed by atoms with Crippen molar-refractivity contribution in [2.24, 2.45) is 5.73 Å². The largest absolute Gasteiger partial charge is 0.496 e. The van der Waals surface area contributed by atoms with Crippen molar-refractivity contribution in [3.05, 3.63) is 29.6 Å². The summed E-state index contributed by atoms with van der Waals surface area (Å²) in [4.78, 5) is 0. The second-order valence-corrected chi connectivity index (χ2v) is 2.90. The Morgan fingerprint density at radius 1 is 1.50 bits per heavy atom. The van der Waals surface area contributed by atoms with Crippen LogP contribution in [0, 0.1) is 5.82 Å². The van der Waals surface area contributed by atoms with E-state index < -0.39 is 0 Å². The molecule has 0 amide bonds. The fourth-order valence-corrected chi connectivity index (χ4v) is 1.21. The standard InChI is InChI=1S/C10H14FNO.ClH/c1-3-9(12)8-6-7(11)4-5-10(8)13-2;/h4-6,9H,3,12H2,1-2H3;1H/t9-;/m1./s1. The van der Waals surface area contributed by atoms with E-state index in [-0.39, 0.29) is 24.3 Å². The maximum atomic E-state index is 12.9. The molecule has 0 aliphatic rings. The Labute approximate surface area is 89.7 Å². The fourth-order valence-electron chi connectivity index (χ4n) is 1.21. The molecule has 14 heavy (non-hydrogen) atoms. The van der Waals surface area contributed by atoms with Crippen LogP contribution in [0.4, 0.5) is 4.39 Å². The van der Waals surface area contributed by atoms with Crippen molar-refractivity contribution in [1.29, 1.82) is 0 Å². The van der Waals surface area contributed by atoms with Crippen LogP contribution in [0.25, 0.3) is 0 Å². The minimum Gasteiger partial charge on any atom is -0.496 e. The topological polar surface area (TPSA) is 35.2 Å². The van der Waals surface area contributed by atoms with E-state index in [1.165, 1.54) is 12.1 Å². The second-order valence-electron chi connectivity index (χ2n) is 2.90. The van der Waals surface area contributed by atoms with Crippen molar-refractivity contribution in [3.8, 4) is 5.75 Å². The van der Waals surface area contributed by atoms with E-state index >= 15 is 0 Å². The molecule has 0 fully saturated rings. The molecule has 1 atom stereocenters. The van der Waals surface area contributed by atoms with Crippen LogP contribution in [0.15, 0.2) is 18.2 Å². The van der Waals surface area contributed by atoms with Gasteiger partial charge in [0.2, 0.25) is 0 Å². The molecule has 2 N–H and O–H groups in total.